The smallest absolute Gasteiger partial charge is 0.326 e. The van der Waals surface area contributed by atoms with Gasteiger partial charge < -0.3 is 29.9 Å². The molecule has 9 heteroatoms. The second-order valence-corrected chi connectivity index (χ2v) is 4.43. The SMILES string of the molecule is COCCN(C(=O)NC(CC(=O)O)C(=O)O)C(C)COC. The Hall–Kier alpha value is -1.87. The molecule has 0 aromatic rings. The van der Waals surface area contributed by atoms with E-state index >= 15 is 0 Å². The Morgan fingerprint density at radius 1 is 1.19 bits per heavy atom. The van der Waals surface area contributed by atoms with Gasteiger partial charge in [0.05, 0.1) is 25.7 Å². The van der Waals surface area contributed by atoms with Crippen LogP contribution in [-0.2, 0) is 19.1 Å². The number of nitrogens with one attached hydrogen (secondary N) is 1. The molecule has 2 unspecified atom stereocenters. The van der Waals surface area contributed by atoms with Crippen LogP contribution in [0.1, 0.15) is 13.3 Å². The zero-order valence-corrected chi connectivity index (χ0v) is 12.4. The molecular formula is C12H22N2O7. The molecule has 0 spiro atoms. The molecule has 0 rings (SSSR count). The van der Waals surface area contributed by atoms with Gasteiger partial charge in [-0.3, -0.25) is 4.79 Å². The molecule has 0 aliphatic rings. The Bertz CT molecular complexity index is 362. The predicted octanol–water partition coefficient (Wildman–Crippen LogP) is -0.393. The van der Waals surface area contributed by atoms with Crippen LogP contribution in [0.25, 0.3) is 0 Å². The van der Waals surface area contributed by atoms with Gasteiger partial charge in [-0.1, -0.05) is 0 Å². The number of hydrogen-bond donors (Lipinski definition) is 3. The van der Waals surface area contributed by atoms with E-state index in [2.05, 4.69) is 5.32 Å². The molecule has 0 saturated heterocycles. The lowest BCUT2D eigenvalue weighted by molar-refractivity contribution is -0.145. The Morgan fingerprint density at radius 3 is 2.24 bits per heavy atom. The fraction of sp³-hybridized carbons (Fsp3) is 0.750. The minimum Gasteiger partial charge on any atom is -0.481 e. The van der Waals surface area contributed by atoms with Gasteiger partial charge in [-0.25, -0.2) is 9.59 Å². The Morgan fingerprint density at radius 2 is 1.81 bits per heavy atom. The molecule has 0 saturated carbocycles. The van der Waals surface area contributed by atoms with E-state index in [1.807, 2.05) is 0 Å². The number of carboxylic acids is 2. The quantitative estimate of drug-likeness (QED) is 0.501. The van der Waals surface area contributed by atoms with Gasteiger partial charge in [0.1, 0.15) is 6.04 Å². The van der Waals surface area contributed by atoms with Gasteiger partial charge in [-0.2, -0.15) is 0 Å². The Labute approximate surface area is 122 Å². The van der Waals surface area contributed by atoms with Crippen LogP contribution in [0.3, 0.4) is 0 Å². The Kier molecular flexibility index (Phi) is 9.06. The van der Waals surface area contributed by atoms with Crippen molar-refractivity contribution in [1.29, 1.82) is 0 Å². The average Bonchev–Trinajstić information content (AvgIpc) is 2.38. The first-order chi connectivity index (χ1) is 9.83. The van der Waals surface area contributed by atoms with Crippen LogP contribution in [0, 0.1) is 0 Å². The minimum absolute atomic E-state index is 0.228. The summed E-state index contributed by atoms with van der Waals surface area (Å²) in [7, 11) is 2.95. The van der Waals surface area contributed by atoms with Crippen molar-refractivity contribution < 1.29 is 34.1 Å². The first-order valence-corrected chi connectivity index (χ1v) is 6.33. The highest BCUT2D eigenvalue weighted by Gasteiger charge is 2.27. The van der Waals surface area contributed by atoms with Crippen LogP contribution >= 0.6 is 0 Å². The van der Waals surface area contributed by atoms with Crippen molar-refractivity contribution in [3.8, 4) is 0 Å². The van der Waals surface area contributed by atoms with E-state index in [1.165, 1.54) is 19.1 Å². The summed E-state index contributed by atoms with van der Waals surface area (Å²) in [5.41, 5.74) is 0. The lowest BCUT2D eigenvalue weighted by atomic mass is 10.2. The zero-order valence-electron chi connectivity index (χ0n) is 12.4. The fourth-order valence-corrected chi connectivity index (χ4v) is 1.65. The van der Waals surface area contributed by atoms with Gasteiger partial charge in [-0.05, 0) is 6.92 Å². The molecule has 0 aliphatic carbocycles. The molecule has 122 valence electrons. The van der Waals surface area contributed by atoms with Gasteiger partial charge in [0.15, 0.2) is 0 Å². The highest BCUT2D eigenvalue weighted by molar-refractivity contribution is 5.86. The maximum Gasteiger partial charge on any atom is 0.326 e. The molecular weight excluding hydrogens is 284 g/mol. The summed E-state index contributed by atoms with van der Waals surface area (Å²) in [6.45, 7) is 2.48. The van der Waals surface area contributed by atoms with Crippen LogP contribution in [-0.4, -0.2) is 79.1 Å². The topological polar surface area (TPSA) is 125 Å². The van der Waals surface area contributed by atoms with Crippen LogP contribution in [0.2, 0.25) is 0 Å². The van der Waals surface area contributed by atoms with E-state index < -0.39 is 30.4 Å². The predicted molar refractivity (Wildman–Crippen MR) is 72.1 cm³/mol. The van der Waals surface area contributed by atoms with E-state index in [9.17, 15) is 14.4 Å². The fourth-order valence-electron chi connectivity index (χ4n) is 1.65. The summed E-state index contributed by atoms with van der Waals surface area (Å²) in [5.74, 6) is -2.71. The number of hydrogen-bond acceptors (Lipinski definition) is 5. The summed E-state index contributed by atoms with van der Waals surface area (Å²) in [6.07, 6.45) is -0.697. The largest absolute Gasteiger partial charge is 0.481 e. The summed E-state index contributed by atoms with van der Waals surface area (Å²) >= 11 is 0. The van der Waals surface area contributed by atoms with Gasteiger partial charge >= 0.3 is 18.0 Å². The number of carboxylic acid groups (broad SMARTS) is 2. The highest BCUT2D eigenvalue weighted by atomic mass is 16.5. The number of aliphatic carboxylic acids is 2. The summed E-state index contributed by atoms with van der Waals surface area (Å²) in [6, 6.07) is -2.48. The molecule has 0 aromatic carbocycles. The van der Waals surface area contributed by atoms with Crippen molar-refractivity contribution in [2.24, 2.45) is 0 Å². The molecule has 2 atom stereocenters. The summed E-state index contributed by atoms with van der Waals surface area (Å²) in [5, 5.41) is 19.8. The lowest BCUT2D eigenvalue weighted by Gasteiger charge is -2.29. The Balaban J connectivity index is 4.82. The highest BCUT2D eigenvalue weighted by Crippen LogP contribution is 2.03. The van der Waals surface area contributed by atoms with Gasteiger partial charge in [0, 0.05) is 20.8 Å². The number of methoxy groups -OCH3 is 2. The lowest BCUT2D eigenvalue weighted by Crippen LogP contribution is -2.53. The molecule has 2 amide bonds. The average molecular weight is 306 g/mol. The molecule has 21 heavy (non-hydrogen) atoms. The number of carbonyl (C=O) groups excluding carboxylic acids is 1. The normalized spacial score (nSPS) is 13.3. The standard InChI is InChI=1S/C12H22N2O7/c1-8(7-21-3)14(4-5-20-2)12(19)13-9(11(17)18)6-10(15)16/h8-9H,4-7H2,1-3H3,(H,13,19)(H,15,16)(H,17,18). The van der Waals surface area contributed by atoms with Crippen LogP contribution in [0.5, 0.6) is 0 Å². The van der Waals surface area contributed by atoms with Crippen molar-refractivity contribution in [3.05, 3.63) is 0 Å². The van der Waals surface area contributed by atoms with Crippen molar-refractivity contribution in [2.45, 2.75) is 25.4 Å². The molecule has 0 aromatic heterocycles. The molecule has 3 N–H and O–H groups in total. The van der Waals surface area contributed by atoms with E-state index in [0.29, 0.717) is 0 Å². The number of ether oxygens (including phenoxy) is 2. The molecule has 0 radical (unpaired) electrons. The van der Waals surface area contributed by atoms with Gasteiger partial charge in [-0.15, -0.1) is 0 Å². The molecule has 0 aliphatic heterocycles. The number of amides is 2. The van der Waals surface area contributed by atoms with Crippen LogP contribution in [0.4, 0.5) is 4.79 Å². The maximum absolute atomic E-state index is 12.1. The van der Waals surface area contributed by atoms with E-state index in [0.717, 1.165) is 0 Å². The first kappa shape index (κ1) is 19.1. The van der Waals surface area contributed by atoms with E-state index in [1.54, 1.807) is 6.92 Å². The second-order valence-electron chi connectivity index (χ2n) is 4.43. The van der Waals surface area contributed by atoms with E-state index in [-0.39, 0.29) is 25.8 Å². The molecule has 0 fully saturated rings. The monoisotopic (exact) mass is 306 g/mol. The van der Waals surface area contributed by atoms with E-state index in [4.69, 9.17) is 19.7 Å². The zero-order chi connectivity index (χ0) is 16.4. The first-order valence-electron chi connectivity index (χ1n) is 6.33. The third-order valence-corrected chi connectivity index (χ3v) is 2.71. The third kappa shape index (κ3) is 7.47. The number of rotatable bonds is 10. The number of carbonyl (C=O) groups is 3. The van der Waals surface area contributed by atoms with Crippen molar-refractivity contribution >= 4 is 18.0 Å². The molecule has 0 bridgehead atoms. The summed E-state index contributed by atoms with van der Waals surface area (Å²) < 4.78 is 9.85. The molecule has 9 nitrogen and oxygen atoms in total. The minimum atomic E-state index is -1.49. The van der Waals surface area contributed by atoms with Crippen molar-refractivity contribution in [3.63, 3.8) is 0 Å². The van der Waals surface area contributed by atoms with Crippen molar-refractivity contribution in [2.75, 3.05) is 34.0 Å². The van der Waals surface area contributed by atoms with Gasteiger partial charge in [0.25, 0.3) is 0 Å². The summed E-state index contributed by atoms with van der Waals surface area (Å²) in [4.78, 5) is 35.0. The number of urea groups is 1. The second kappa shape index (κ2) is 9.94. The van der Waals surface area contributed by atoms with Crippen LogP contribution < -0.4 is 5.32 Å². The van der Waals surface area contributed by atoms with Crippen molar-refractivity contribution in [1.82, 2.24) is 10.2 Å². The van der Waals surface area contributed by atoms with Crippen LogP contribution in [0.15, 0.2) is 0 Å². The maximum atomic E-state index is 12.1. The molecule has 0 heterocycles. The van der Waals surface area contributed by atoms with Gasteiger partial charge in [0.2, 0.25) is 0 Å². The third-order valence-electron chi connectivity index (χ3n) is 2.71. The number of nitrogens with zero attached hydrogens (tertiary/aromatic N) is 1.